The molecule has 0 saturated carbocycles. The average Bonchev–Trinajstić information content (AvgIpc) is 3.22. The Morgan fingerprint density at radius 3 is 2.47 bits per heavy atom. The summed E-state index contributed by atoms with van der Waals surface area (Å²) in [5.41, 5.74) is 4.52. The van der Waals surface area contributed by atoms with Crippen LogP contribution < -0.4 is 21.3 Å². The fourth-order valence-corrected chi connectivity index (χ4v) is 3.47. The Bertz CT molecular complexity index is 1020. The minimum atomic E-state index is -3.81. The standard InChI is InChI=1S/C16H22N3O6P.C4H6O2/c1-3-13(24-12(2)19-10-9-15(20)18-16(19)21)11-23-26(17,22)25-14-7-5-4-6-8-14;5-4-2-1-3-6-4/h4-10,12-13H,3,11H2,1-2H3,(H2,17,22)(H,18,20,21);1-3H2. The highest BCUT2D eigenvalue weighted by Crippen LogP contribution is 2.40. The number of aromatic nitrogens is 2. The van der Waals surface area contributed by atoms with Gasteiger partial charge in [-0.3, -0.25) is 23.7 Å². The number of ether oxygens (including phenoxy) is 2. The van der Waals surface area contributed by atoms with E-state index in [1.54, 1.807) is 37.3 Å². The number of benzene rings is 1. The van der Waals surface area contributed by atoms with E-state index >= 15 is 0 Å². The van der Waals surface area contributed by atoms with E-state index in [0.717, 1.165) is 6.42 Å². The molecular formula is C20H28N3O8P. The molecule has 12 heteroatoms. The van der Waals surface area contributed by atoms with Crippen LogP contribution in [0.3, 0.4) is 0 Å². The number of H-pyrrole nitrogens is 1. The van der Waals surface area contributed by atoms with E-state index in [1.165, 1.54) is 16.8 Å². The fourth-order valence-electron chi connectivity index (χ4n) is 2.63. The van der Waals surface area contributed by atoms with Crippen LogP contribution in [0, 0.1) is 0 Å². The summed E-state index contributed by atoms with van der Waals surface area (Å²) in [4.78, 5) is 35.1. The van der Waals surface area contributed by atoms with Gasteiger partial charge in [-0.05, 0) is 31.9 Å². The molecule has 1 aromatic heterocycles. The smallest absolute Gasteiger partial charge is 0.456 e. The van der Waals surface area contributed by atoms with Gasteiger partial charge in [0.2, 0.25) is 0 Å². The SMILES string of the molecule is CCC(COP(N)(=O)Oc1ccccc1)OC(C)n1ccc(=O)[nH]c1=O.O=C1CCCO1. The molecule has 3 unspecified atom stereocenters. The Balaban J connectivity index is 0.000000520. The van der Waals surface area contributed by atoms with Gasteiger partial charge >= 0.3 is 19.4 Å². The molecule has 0 aliphatic carbocycles. The third-order valence-electron chi connectivity index (χ3n) is 4.29. The van der Waals surface area contributed by atoms with Gasteiger partial charge in [0.05, 0.1) is 19.3 Å². The lowest BCUT2D eigenvalue weighted by atomic mass is 10.3. The second-order valence-corrected chi connectivity index (χ2v) is 8.37. The molecule has 2 aromatic rings. The van der Waals surface area contributed by atoms with Crippen LogP contribution in [0.15, 0.2) is 52.2 Å². The molecule has 176 valence electrons. The molecule has 3 rings (SSSR count). The number of carbonyl (C=O) groups excluding carboxylic acids is 1. The van der Waals surface area contributed by atoms with Crippen molar-refractivity contribution in [2.75, 3.05) is 13.2 Å². The summed E-state index contributed by atoms with van der Waals surface area (Å²) in [6.45, 7) is 4.04. The summed E-state index contributed by atoms with van der Waals surface area (Å²) in [7, 11) is -3.81. The molecule has 3 atom stereocenters. The molecule has 0 amide bonds. The molecular weight excluding hydrogens is 441 g/mol. The number of nitrogens with one attached hydrogen (secondary N) is 1. The number of rotatable bonds is 9. The fraction of sp³-hybridized carbons (Fsp3) is 0.450. The van der Waals surface area contributed by atoms with Crippen LogP contribution in [0.2, 0.25) is 0 Å². The van der Waals surface area contributed by atoms with Gasteiger partial charge in [-0.2, -0.15) is 0 Å². The van der Waals surface area contributed by atoms with Crippen LogP contribution in [0.1, 0.15) is 39.3 Å². The van der Waals surface area contributed by atoms with E-state index in [-0.39, 0.29) is 12.6 Å². The quantitative estimate of drug-likeness (QED) is 0.416. The third kappa shape index (κ3) is 8.80. The van der Waals surface area contributed by atoms with Crippen LogP contribution in [-0.2, 0) is 23.4 Å². The summed E-state index contributed by atoms with van der Waals surface area (Å²) in [6.07, 6.45) is 2.25. The molecule has 1 aromatic carbocycles. The maximum atomic E-state index is 12.2. The Morgan fingerprint density at radius 1 is 1.22 bits per heavy atom. The van der Waals surface area contributed by atoms with Crippen LogP contribution in [0.25, 0.3) is 0 Å². The Hall–Kier alpha value is -2.72. The zero-order valence-corrected chi connectivity index (χ0v) is 18.9. The van der Waals surface area contributed by atoms with Crippen LogP contribution in [0.5, 0.6) is 5.75 Å². The summed E-state index contributed by atoms with van der Waals surface area (Å²) in [5, 5.41) is 0. The second kappa shape index (κ2) is 12.4. The van der Waals surface area contributed by atoms with Gasteiger partial charge in [-0.1, -0.05) is 25.1 Å². The van der Waals surface area contributed by atoms with Crippen molar-refractivity contribution in [3.05, 3.63) is 63.4 Å². The predicted molar refractivity (Wildman–Crippen MR) is 116 cm³/mol. The molecule has 0 radical (unpaired) electrons. The number of carbonyl (C=O) groups is 1. The highest BCUT2D eigenvalue weighted by atomic mass is 31.2. The largest absolute Gasteiger partial charge is 0.466 e. The summed E-state index contributed by atoms with van der Waals surface area (Å²) < 4.78 is 34.1. The van der Waals surface area contributed by atoms with Crippen LogP contribution in [-0.4, -0.2) is 34.8 Å². The highest BCUT2D eigenvalue weighted by molar-refractivity contribution is 7.51. The van der Waals surface area contributed by atoms with Gasteiger partial charge in [-0.25, -0.2) is 14.9 Å². The van der Waals surface area contributed by atoms with Crippen molar-refractivity contribution in [2.24, 2.45) is 5.50 Å². The second-order valence-electron chi connectivity index (χ2n) is 6.85. The molecule has 11 nitrogen and oxygen atoms in total. The van der Waals surface area contributed by atoms with Crippen LogP contribution in [0.4, 0.5) is 0 Å². The van der Waals surface area contributed by atoms with E-state index in [1.807, 2.05) is 6.92 Å². The number of hydrogen-bond acceptors (Lipinski definition) is 8. The molecule has 32 heavy (non-hydrogen) atoms. The summed E-state index contributed by atoms with van der Waals surface area (Å²) in [6, 6.07) is 9.67. The van der Waals surface area contributed by atoms with Crippen molar-refractivity contribution in [3.63, 3.8) is 0 Å². The molecule has 1 aliphatic rings. The lowest BCUT2D eigenvalue weighted by Crippen LogP contribution is -2.33. The van der Waals surface area contributed by atoms with Crippen molar-refractivity contribution >= 4 is 13.7 Å². The minimum absolute atomic E-state index is 0.0463. The maximum Gasteiger partial charge on any atom is 0.456 e. The van der Waals surface area contributed by atoms with E-state index < -0.39 is 31.3 Å². The first-order chi connectivity index (χ1) is 15.2. The first kappa shape index (κ1) is 25.5. The Morgan fingerprint density at radius 2 is 1.94 bits per heavy atom. The normalized spacial score (nSPS) is 16.8. The number of nitrogens with zero attached hydrogens (tertiary/aromatic N) is 1. The van der Waals surface area contributed by atoms with E-state index in [9.17, 15) is 18.9 Å². The molecule has 1 aliphatic heterocycles. The van der Waals surface area contributed by atoms with Crippen molar-refractivity contribution in [2.45, 2.75) is 45.4 Å². The number of nitrogens with two attached hydrogens (primary N) is 1. The first-order valence-corrected chi connectivity index (χ1v) is 11.7. The number of para-hydroxylation sites is 1. The number of hydrogen-bond donors (Lipinski definition) is 2. The van der Waals surface area contributed by atoms with Gasteiger partial charge in [-0.15, -0.1) is 0 Å². The highest BCUT2D eigenvalue weighted by Gasteiger charge is 2.23. The molecule has 1 fully saturated rings. The van der Waals surface area contributed by atoms with Crippen molar-refractivity contribution in [1.82, 2.24) is 9.55 Å². The van der Waals surface area contributed by atoms with Crippen molar-refractivity contribution < 1.29 is 27.9 Å². The molecule has 2 heterocycles. The summed E-state index contributed by atoms with van der Waals surface area (Å²) >= 11 is 0. The molecule has 0 bridgehead atoms. The predicted octanol–water partition coefficient (Wildman–Crippen LogP) is 2.34. The van der Waals surface area contributed by atoms with Gasteiger partial charge < -0.3 is 14.0 Å². The average molecular weight is 469 g/mol. The van der Waals surface area contributed by atoms with Gasteiger partial charge in [0, 0.05) is 18.7 Å². The van der Waals surface area contributed by atoms with Gasteiger partial charge in [0.1, 0.15) is 12.0 Å². The third-order valence-corrected chi connectivity index (χ3v) is 5.27. The number of esters is 1. The Kier molecular flexibility index (Phi) is 9.86. The topological polar surface area (TPSA) is 152 Å². The zero-order valence-electron chi connectivity index (χ0n) is 18.0. The molecule has 0 spiro atoms. The van der Waals surface area contributed by atoms with E-state index in [0.29, 0.717) is 25.2 Å². The molecule has 1 saturated heterocycles. The summed E-state index contributed by atoms with van der Waals surface area (Å²) in [5.74, 6) is 0.287. The lowest BCUT2D eigenvalue weighted by molar-refractivity contribution is -0.137. The van der Waals surface area contributed by atoms with E-state index in [4.69, 9.17) is 19.3 Å². The first-order valence-electron chi connectivity index (χ1n) is 10.1. The van der Waals surface area contributed by atoms with Crippen molar-refractivity contribution in [1.29, 1.82) is 0 Å². The minimum Gasteiger partial charge on any atom is -0.466 e. The number of aromatic amines is 1. The number of cyclic esters (lactones) is 1. The van der Waals surface area contributed by atoms with Crippen LogP contribution >= 0.6 is 7.75 Å². The van der Waals surface area contributed by atoms with E-state index in [2.05, 4.69) is 9.72 Å². The Labute approximate surface area is 185 Å². The maximum absolute atomic E-state index is 12.2. The van der Waals surface area contributed by atoms with Gasteiger partial charge in [0.15, 0.2) is 0 Å². The zero-order chi connectivity index (χ0) is 23.6. The van der Waals surface area contributed by atoms with Gasteiger partial charge in [0.25, 0.3) is 5.56 Å². The lowest BCUT2D eigenvalue weighted by Gasteiger charge is -2.23. The van der Waals surface area contributed by atoms with Crippen molar-refractivity contribution in [3.8, 4) is 5.75 Å². The molecule has 3 N–H and O–H groups in total. The monoisotopic (exact) mass is 469 g/mol.